The van der Waals surface area contributed by atoms with Crippen LogP contribution in [0.5, 0.6) is 0 Å². The Morgan fingerprint density at radius 1 is 1.35 bits per heavy atom. The number of alkyl halides is 1. The highest BCUT2D eigenvalue weighted by molar-refractivity contribution is 6.33. The third-order valence-corrected chi connectivity index (χ3v) is 3.15. The molecule has 1 aliphatic rings. The van der Waals surface area contributed by atoms with E-state index >= 15 is 0 Å². The van der Waals surface area contributed by atoms with E-state index in [2.05, 4.69) is 15.0 Å². The van der Waals surface area contributed by atoms with Gasteiger partial charge in [-0.15, -0.1) is 0 Å². The van der Waals surface area contributed by atoms with Crippen LogP contribution in [0.3, 0.4) is 0 Å². The van der Waals surface area contributed by atoms with Gasteiger partial charge >= 0.3 is 0 Å². The third kappa shape index (κ3) is 1.91. The molecule has 1 saturated heterocycles. The van der Waals surface area contributed by atoms with E-state index in [1.54, 1.807) is 0 Å². The summed E-state index contributed by atoms with van der Waals surface area (Å²) in [6.07, 6.45) is 1.19. The molecule has 1 fully saturated rings. The fourth-order valence-electron chi connectivity index (χ4n) is 2.00. The lowest BCUT2D eigenvalue weighted by Crippen LogP contribution is -2.21. The second kappa shape index (κ2) is 4.07. The first-order valence-corrected chi connectivity index (χ1v) is 5.78. The quantitative estimate of drug-likeness (QED) is 0.730. The van der Waals surface area contributed by atoms with Crippen molar-refractivity contribution >= 4 is 28.5 Å². The van der Waals surface area contributed by atoms with E-state index in [0.717, 1.165) is 5.82 Å². The third-order valence-electron chi connectivity index (χ3n) is 2.88. The molecule has 3 rings (SSSR count). The predicted octanol–water partition coefficient (Wildman–Crippen LogP) is 2.23. The smallest absolute Gasteiger partial charge is 0.158 e. The maximum absolute atomic E-state index is 13.1. The Morgan fingerprint density at radius 3 is 3.00 bits per heavy atom. The zero-order chi connectivity index (χ0) is 11.8. The van der Waals surface area contributed by atoms with Crippen LogP contribution in [0.1, 0.15) is 6.42 Å². The lowest BCUT2D eigenvalue weighted by atomic mass is 10.3. The normalized spacial score (nSPS) is 20.1. The van der Waals surface area contributed by atoms with Gasteiger partial charge in [0.15, 0.2) is 5.15 Å². The molecule has 4 nitrogen and oxygen atoms in total. The summed E-state index contributed by atoms with van der Waals surface area (Å²) in [5, 5.41) is 0.327. The minimum absolute atomic E-state index is 0.327. The van der Waals surface area contributed by atoms with Crippen LogP contribution in [-0.2, 0) is 0 Å². The predicted molar refractivity (Wildman–Crippen MR) is 64.1 cm³/mol. The molecule has 1 atom stereocenters. The molecular weight excluding hydrogens is 243 g/mol. The van der Waals surface area contributed by atoms with Gasteiger partial charge in [0.2, 0.25) is 0 Å². The molecule has 0 radical (unpaired) electrons. The van der Waals surface area contributed by atoms with E-state index in [4.69, 9.17) is 11.6 Å². The van der Waals surface area contributed by atoms with Crippen LogP contribution < -0.4 is 4.90 Å². The summed E-state index contributed by atoms with van der Waals surface area (Å²) in [6, 6.07) is 3.67. The van der Waals surface area contributed by atoms with Crippen molar-refractivity contribution in [1.82, 2.24) is 15.0 Å². The largest absolute Gasteiger partial charge is 0.354 e. The van der Waals surface area contributed by atoms with Gasteiger partial charge in [0.05, 0.1) is 12.1 Å². The van der Waals surface area contributed by atoms with E-state index in [-0.39, 0.29) is 0 Å². The molecular formula is C11H10ClFN4. The zero-order valence-electron chi connectivity index (χ0n) is 8.98. The number of aromatic nitrogens is 3. The number of hydrogen-bond acceptors (Lipinski definition) is 4. The Morgan fingerprint density at radius 2 is 2.24 bits per heavy atom. The molecule has 0 N–H and O–H groups in total. The second-order valence-electron chi connectivity index (χ2n) is 4.03. The lowest BCUT2D eigenvalue weighted by molar-refractivity contribution is 0.364. The fourth-order valence-corrected chi connectivity index (χ4v) is 2.18. The number of rotatable bonds is 1. The molecule has 2 aromatic heterocycles. The van der Waals surface area contributed by atoms with Crippen molar-refractivity contribution in [2.24, 2.45) is 0 Å². The van der Waals surface area contributed by atoms with E-state index in [0.29, 0.717) is 35.7 Å². The second-order valence-corrected chi connectivity index (χ2v) is 4.39. The Bertz CT molecular complexity index is 562. The molecule has 0 aromatic carbocycles. The highest BCUT2D eigenvalue weighted by Gasteiger charge is 2.23. The summed E-state index contributed by atoms with van der Waals surface area (Å²) in [6.45, 7) is 1.08. The Balaban J connectivity index is 2.04. The van der Waals surface area contributed by atoms with Gasteiger partial charge in [0.1, 0.15) is 23.8 Å². The minimum Gasteiger partial charge on any atom is -0.354 e. The molecule has 0 amide bonds. The van der Waals surface area contributed by atoms with Gasteiger partial charge in [-0.1, -0.05) is 11.6 Å². The first-order valence-electron chi connectivity index (χ1n) is 5.40. The molecule has 0 unspecified atom stereocenters. The number of fused-ring (bicyclic) bond motifs is 1. The van der Waals surface area contributed by atoms with Crippen LogP contribution in [0, 0.1) is 0 Å². The zero-order valence-corrected chi connectivity index (χ0v) is 9.73. The minimum atomic E-state index is -0.769. The average molecular weight is 253 g/mol. The summed E-state index contributed by atoms with van der Waals surface area (Å²) >= 11 is 5.96. The van der Waals surface area contributed by atoms with Crippen LogP contribution in [-0.4, -0.2) is 34.2 Å². The number of hydrogen-bond donors (Lipinski definition) is 0. The standard InChI is InChI=1S/C11H10ClFN4/c12-11-10-8(14-6-15-11)1-2-9(16-10)17-4-3-7(13)5-17/h1-2,6-7H,3-5H2/t7-/m0/s1. The van der Waals surface area contributed by atoms with E-state index < -0.39 is 6.17 Å². The molecule has 0 bridgehead atoms. The Kier molecular flexibility index (Phi) is 2.55. The first-order chi connectivity index (χ1) is 8.24. The van der Waals surface area contributed by atoms with Crippen LogP contribution in [0.2, 0.25) is 5.15 Å². The van der Waals surface area contributed by atoms with Gasteiger partial charge in [-0.25, -0.2) is 19.3 Å². The maximum Gasteiger partial charge on any atom is 0.158 e. The van der Waals surface area contributed by atoms with E-state index in [1.807, 2.05) is 17.0 Å². The van der Waals surface area contributed by atoms with Crippen molar-refractivity contribution in [2.45, 2.75) is 12.6 Å². The van der Waals surface area contributed by atoms with Crippen molar-refractivity contribution < 1.29 is 4.39 Å². The van der Waals surface area contributed by atoms with Gasteiger partial charge in [-0.3, -0.25) is 0 Å². The lowest BCUT2D eigenvalue weighted by Gasteiger charge is -2.16. The Hall–Kier alpha value is -1.49. The first kappa shape index (κ1) is 10.7. The monoisotopic (exact) mass is 252 g/mol. The fraction of sp³-hybridized carbons (Fsp3) is 0.364. The highest BCUT2D eigenvalue weighted by atomic mass is 35.5. The number of nitrogens with zero attached hydrogens (tertiary/aromatic N) is 4. The van der Waals surface area contributed by atoms with Crippen LogP contribution >= 0.6 is 11.6 Å². The summed E-state index contributed by atoms with van der Waals surface area (Å²) in [5.41, 5.74) is 1.26. The van der Waals surface area contributed by atoms with Crippen molar-refractivity contribution in [2.75, 3.05) is 18.0 Å². The van der Waals surface area contributed by atoms with Crippen molar-refractivity contribution in [3.63, 3.8) is 0 Å². The molecule has 6 heteroatoms. The van der Waals surface area contributed by atoms with Gasteiger partial charge in [0.25, 0.3) is 0 Å². The molecule has 88 valence electrons. The van der Waals surface area contributed by atoms with Gasteiger partial charge in [-0.05, 0) is 18.6 Å². The summed E-state index contributed by atoms with van der Waals surface area (Å²) in [7, 11) is 0. The number of halogens is 2. The molecule has 17 heavy (non-hydrogen) atoms. The van der Waals surface area contributed by atoms with Gasteiger partial charge in [0, 0.05) is 6.54 Å². The van der Waals surface area contributed by atoms with E-state index in [9.17, 15) is 4.39 Å². The molecule has 0 aliphatic carbocycles. The molecule has 0 saturated carbocycles. The van der Waals surface area contributed by atoms with Crippen LogP contribution in [0.4, 0.5) is 10.2 Å². The number of pyridine rings is 1. The van der Waals surface area contributed by atoms with Crippen molar-refractivity contribution in [3.05, 3.63) is 23.6 Å². The summed E-state index contributed by atoms with van der Waals surface area (Å²) in [4.78, 5) is 14.3. The number of anilines is 1. The molecule has 0 spiro atoms. The highest BCUT2D eigenvalue weighted by Crippen LogP contribution is 2.24. The van der Waals surface area contributed by atoms with Gasteiger partial charge in [-0.2, -0.15) is 0 Å². The SMILES string of the molecule is F[C@H]1CCN(c2ccc3ncnc(Cl)c3n2)C1. The van der Waals surface area contributed by atoms with Crippen molar-refractivity contribution in [1.29, 1.82) is 0 Å². The Labute approximate surface area is 102 Å². The maximum atomic E-state index is 13.1. The van der Waals surface area contributed by atoms with Crippen molar-refractivity contribution in [3.8, 4) is 0 Å². The van der Waals surface area contributed by atoms with Gasteiger partial charge < -0.3 is 4.90 Å². The average Bonchev–Trinajstić information content (AvgIpc) is 2.76. The molecule has 3 heterocycles. The van der Waals surface area contributed by atoms with E-state index in [1.165, 1.54) is 6.33 Å². The summed E-state index contributed by atoms with van der Waals surface area (Å²) < 4.78 is 13.1. The van der Waals surface area contributed by atoms with Crippen LogP contribution in [0.15, 0.2) is 18.5 Å². The topological polar surface area (TPSA) is 41.9 Å². The van der Waals surface area contributed by atoms with Crippen LogP contribution in [0.25, 0.3) is 11.0 Å². The summed E-state index contributed by atoms with van der Waals surface area (Å²) in [5.74, 6) is 0.731. The molecule has 1 aliphatic heterocycles. The molecule has 2 aromatic rings.